The largest absolute Gasteiger partial charge is 0.378 e. The van der Waals surface area contributed by atoms with Gasteiger partial charge in [-0.3, -0.25) is 4.79 Å². The van der Waals surface area contributed by atoms with E-state index in [2.05, 4.69) is 0 Å². The molecule has 3 fully saturated rings. The van der Waals surface area contributed by atoms with Gasteiger partial charge in [-0.15, -0.1) is 0 Å². The summed E-state index contributed by atoms with van der Waals surface area (Å²) in [5.74, 6) is 1.12. The van der Waals surface area contributed by atoms with Crippen LogP contribution in [0.5, 0.6) is 0 Å². The van der Waals surface area contributed by atoms with E-state index in [1.165, 1.54) is 19.3 Å². The van der Waals surface area contributed by atoms with E-state index >= 15 is 0 Å². The summed E-state index contributed by atoms with van der Waals surface area (Å²) < 4.78 is 11.4. The minimum Gasteiger partial charge on any atom is -0.378 e. The number of hydrogen-bond acceptors (Lipinski definition) is 3. The Morgan fingerprint density at radius 1 is 1.00 bits per heavy atom. The lowest BCUT2D eigenvalue weighted by molar-refractivity contribution is -0.141. The second-order valence-electron chi connectivity index (χ2n) is 6.26. The van der Waals surface area contributed by atoms with Crippen molar-refractivity contribution in [3.05, 3.63) is 0 Å². The zero-order chi connectivity index (χ0) is 12.4. The summed E-state index contributed by atoms with van der Waals surface area (Å²) in [6.45, 7) is 2.23. The Labute approximate surface area is 109 Å². The fourth-order valence-electron chi connectivity index (χ4n) is 3.85. The zero-order valence-corrected chi connectivity index (χ0v) is 11.2. The minimum absolute atomic E-state index is 0.118. The predicted molar refractivity (Wildman–Crippen MR) is 68.4 cm³/mol. The van der Waals surface area contributed by atoms with Crippen LogP contribution < -0.4 is 0 Å². The predicted octanol–water partition coefficient (Wildman–Crippen LogP) is 2.72. The molecule has 2 heterocycles. The average Bonchev–Trinajstić information content (AvgIpc) is 2.87. The lowest BCUT2D eigenvalue weighted by Gasteiger charge is -2.38. The van der Waals surface area contributed by atoms with E-state index in [1.807, 2.05) is 0 Å². The molecule has 0 aromatic heterocycles. The fourth-order valence-corrected chi connectivity index (χ4v) is 3.85. The van der Waals surface area contributed by atoms with Crippen molar-refractivity contribution in [2.75, 3.05) is 19.8 Å². The molecule has 3 heteroatoms. The third kappa shape index (κ3) is 2.48. The lowest BCUT2D eigenvalue weighted by atomic mass is 9.75. The van der Waals surface area contributed by atoms with Crippen molar-refractivity contribution in [3.63, 3.8) is 0 Å². The van der Waals surface area contributed by atoms with E-state index in [0.717, 1.165) is 45.3 Å². The van der Waals surface area contributed by atoms with Crippen LogP contribution in [0, 0.1) is 11.8 Å². The Bertz CT molecular complexity index is 301. The quantitative estimate of drug-likeness (QED) is 0.758. The molecule has 3 nitrogen and oxygen atoms in total. The molecule has 0 amide bonds. The third-order valence-corrected chi connectivity index (χ3v) is 4.97. The number of hydrogen-bond donors (Lipinski definition) is 0. The molecule has 1 saturated carbocycles. The SMILES string of the molecule is O=C(C1CCCCC1)C1CCOC2(CCOC2)C1. The van der Waals surface area contributed by atoms with E-state index in [-0.39, 0.29) is 11.5 Å². The Balaban J connectivity index is 1.62. The molecule has 1 aliphatic carbocycles. The first-order valence-corrected chi connectivity index (χ1v) is 7.55. The third-order valence-electron chi connectivity index (χ3n) is 4.97. The van der Waals surface area contributed by atoms with Gasteiger partial charge in [0.25, 0.3) is 0 Å². The maximum absolute atomic E-state index is 12.6. The highest BCUT2D eigenvalue weighted by atomic mass is 16.6. The summed E-state index contributed by atoms with van der Waals surface area (Å²) >= 11 is 0. The molecular weight excluding hydrogens is 228 g/mol. The van der Waals surface area contributed by atoms with Crippen LogP contribution in [0.3, 0.4) is 0 Å². The van der Waals surface area contributed by atoms with Crippen molar-refractivity contribution < 1.29 is 14.3 Å². The second kappa shape index (κ2) is 5.30. The first-order valence-electron chi connectivity index (χ1n) is 7.55. The van der Waals surface area contributed by atoms with Crippen molar-refractivity contribution in [1.29, 1.82) is 0 Å². The van der Waals surface area contributed by atoms with Gasteiger partial charge in [0.1, 0.15) is 5.78 Å². The second-order valence-corrected chi connectivity index (χ2v) is 6.26. The van der Waals surface area contributed by atoms with Crippen LogP contribution in [-0.2, 0) is 14.3 Å². The molecule has 3 rings (SSSR count). The van der Waals surface area contributed by atoms with E-state index in [1.54, 1.807) is 0 Å². The van der Waals surface area contributed by atoms with Gasteiger partial charge in [0, 0.05) is 31.5 Å². The van der Waals surface area contributed by atoms with E-state index in [0.29, 0.717) is 18.3 Å². The first kappa shape index (κ1) is 12.6. The molecule has 0 aromatic rings. The smallest absolute Gasteiger partial charge is 0.139 e. The molecule has 3 aliphatic rings. The van der Waals surface area contributed by atoms with E-state index < -0.39 is 0 Å². The summed E-state index contributed by atoms with van der Waals surface area (Å²) in [6, 6.07) is 0. The topological polar surface area (TPSA) is 35.5 Å². The maximum atomic E-state index is 12.6. The molecular formula is C15H24O3. The van der Waals surface area contributed by atoms with Crippen LogP contribution in [0.4, 0.5) is 0 Å². The average molecular weight is 252 g/mol. The maximum Gasteiger partial charge on any atom is 0.139 e. The highest BCUT2D eigenvalue weighted by molar-refractivity contribution is 5.83. The molecule has 2 atom stereocenters. The molecule has 18 heavy (non-hydrogen) atoms. The molecule has 0 aromatic carbocycles. The number of Topliss-reactive ketones (excluding diaryl/α,β-unsaturated/α-hetero) is 1. The first-order chi connectivity index (χ1) is 8.79. The number of rotatable bonds is 2. The molecule has 0 N–H and O–H groups in total. The van der Waals surface area contributed by atoms with Crippen molar-refractivity contribution in [2.45, 2.75) is 57.0 Å². The highest BCUT2D eigenvalue weighted by Crippen LogP contribution is 2.38. The molecule has 2 aliphatic heterocycles. The van der Waals surface area contributed by atoms with Crippen LogP contribution in [0.2, 0.25) is 0 Å². The normalized spacial score (nSPS) is 38.1. The molecule has 1 spiro atoms. The standard InChI is InChI=1S/C15H24O3/c16-14(12-4-2-1-3-5-12)13-6-8-18-15(10-13)7-9-17-11-15/h12-13H,1-11H2. The van der Waals surface area contributed by atoms with E-state index in [4.69, 9.17) is 9.47 Å². The number of carbonyl (C=O) groups is 1. The summed E-state index contributed by atoms with van der Waals surface area (Å²) in [4.78, 5) is 12.6. The van der Waals surface area contributed by atoms with Gasteiger partial charge in [-0.2, -0.15) is 0 Å². The summed E-state index contributed by atoms with van der Waals surface area (Å²) in [5, 5.41) is 0. The highest BCUT2D eigenvalue weighted by Gasteiger charge is 2.43. The van der Waals surface area contributed by atoms with Gasteiger partial charge in [-0.25, -0.2) is 0 Å². The zero-order valence-electron chi connectivity index (χ0n) is 11.2. The van der Waals surface area contributed by atoms with Gasteiger partial charge in [-0.1, -0.05) is 19.3 Å². The molecule has 0 bridgehead atoms. The molecule has 2 unspecified atom stereocenters. The summed E-state index contributed by atoms with van der Waals surface area (Å²) in [7, 11) is 0. The van der Waals surface area contributed by atoms with Crippen LogP contribution in [-0.4, -0.2) is 31.2 Å². The Hall–Kier alpha value is -0.410. The van der Waals surface area contributed by atoms with Crippen molar-refractivity contribution >= 4 is 5.78 Å². The number of ether oxygens (including phenoxy) is 2. The minimum atomic E-state index is -0.118. The van der Waals surface area contributed by atoms with Crippen LogP contribution >= 0.6 is 0 Å². The Kier molecular flexibility index (Phi) is 3.71. The molecule has 2 saturated heterocycles. The van der Waals surface area contributed by atoms with Crippen LogP contribution in [0.25, 0.3) is 0 Å². The summed E-state index contributed by atoms with van der Waals surface area (Å²) in [6.07, 6.45) is 8.86. The van der Waals surface area contributed by atoms with Crippen molar-refractivity contribution in [2.24, 2.45) is 11.8 Å². The molecule has 0 radical (unpaired) electrons. The molecule has 102 valence electrons. The fraction of sp³-hybridized carbons (Fsp3) is 0.933. The number of carbonyl (C=O) groups excluding carboxylic acids is 1. The van der Waals surface area contributed by atoms with Crippen molar-refractivity contribution in [3.8, 4) is 0 Å². The van der Waals surface area contributed by atoms with Gasteiger partial charge in [0.2, 0.25) is 0 Å². The van der Waals surface area contributed by atoms with Crippen LogP contribution in [0.15, 0.2) is 0 Å². The van der Waals surface area contributed by atoms with Gasteiger partial charge < -0.3 is 9.47 Å². The van der Waals surface area contributed by atoms with Gasteiger partial charge >= 0.3 is 0 Å². The van der Waals surface area contributed by atoms with Gasteiger partial charge in [0.05, 0.1) is 12.2 Å². The Morgan fingerprint density at radius 3 is 2.56 bits per heavy atom. The Morgan fingerprint density at radius 2 is 1.83 bits per heavy atom. The number of ketones is 1. The monoisotopic (exact) mass is 252 g/mol. The van der Waals surface area contributed by atoms with E-state index in [9.17, 15) is 4.79 Å². The van der Waals surface area contributed by atoms with Crippen LogP contribution in [0.1, 0.15) is 51.4 Å². The van der Waals surface area contributed by atoms with Crippen molar-refractivity contribution in [1.82, 2.24) is 0 Å². The summed E-state index contributed by atoms with van der Waals surface area (Å²) in [5.41, 5.74) is -0.118. The lowest BCUT2D eigenvalue weighted by Crippen LogP contribution is -2.43. The van der Waals surface area contributed by atoms with Gasteiger partial charge in [0.15, 0.2) is 0 Å². The van der Waals surface area contributed by atoms with Gasteiger partial charge in [-0.05, 0) is 25.7 Å².